The smallest absolute Gasteiger partial charge is 0.254 e. The Kier molecular flexibility index (Phi) is 5.59. The van der Waals surface area contributed by atoms with Gasteiger partial charge in [0.1, 0.15) is 11.6 Å². The number of aromatic nitrogens is 2. The molecule has 3 aromatic rings. The second kappa shape index (κ2) is 8.34. The third kappa shape index (κ3) is 4.21. The van der Waals surface area contributed by atoms with E-state index in [0.29, 0.717) is 36.5 Å². The van der Waals surface area contributed by atoms with E-state index in [0.717, 1.165) is 22.8 Å². The fraction of sp³-hybridized carbons (Fsp3) is 0.292. The van der Waals surface area contributed by atoms with Crippen molar-refractivity contribution < 1.29 is 9.18 Å². The number of rotatable bonds is 4. The lowest BCUT2D eigenvalue weighted by atomic mass is 10.0. The van der Waals surface area contributed by atoms with E-state index in [-0.39, 0.29) is 11.7 Å². The molecule has 0 unspecified atom stereocenters. The van der Waals surface area contributed by atoms with Gasteiger partial charge >= 0.3 is 0 Å². The van der Waals surface area contributed by atoms with Crippen LogP contribution in [0.15, 0.2) is 48.5 Å². The van der Waals surface area contributed by atoms with Crippen LogP contribution in [-0.4, -0.2) is 55.5 Å². The fourth-order valence-corrected chi connectivity index (χ4v) is 3.78. The van der Waals surface area contributed by atoms with Crippen molar-refractivity contribution in [2.75, 3.05) is 44.5 Å². The Hall–Kier alpha value is -3.48. The van der Waals surface area contributed by atoms with Crippen LogP contribution in [0.3, 0.4) is 0 Å². The molecule has 0 fully saturated rings. The molecule has 0 radical (unpaired) electrons. The SMILES string of the molecule is CN(C)c1ccc(C(=O)N2CCc3nc(-c4cccc(F)c4)nc(N(C)C)c3C2)cc1. The van der Waals surface area contributed by atoms with Crippen LogP contribution in [-0.2, 0) is 13.0 Å². The van der Waals surface area contributed by atoms with Crippen LogP contribution in [0.25, 0.3) is 11.4 Å². The Morgan fingerprint density at radius 3 is 2.39 bits per heavy atom. The largest absolute Gasteiger partial charge is 0.378 e. The minimum atomic E-state index is -0.317. The first-order valence-electron chi connectivity index (χ1n) is 10.2. The molecule has 0 spiro atoms. The van der Waals surface area contributed by atoms with Gasteiger partial charge in [-0.25, -0.2) is 14.4 Å². The van der Waals surface area contributed by atoms with Gasteiger partial charge in [-0.05, 0) is 36.4 Å². The van der Waals surface area contributed by atoms with E-state index in [2.05, 4.69) is 0 Å². The zero-order valence-electron chi connectivity index (χ0n) is 18.3. The minimum absolute atomic E-state index is 0.00475. The van der Waals surface area contributed by atoms with Gasteiger partial charge in [0.15, 0.2) is 5.82 Å². The van der Waals surface area contributed by atoms with Crippen LogP contribution in [0, 0.1) is 5.82 Å². The van der Waals surface area contributed by atoms with Crippen LogP contribution in [0.4, 0.5) is 15.9 Å². The van der Waals surface area contributed by atoms with Crippen molar-refractivity contribution in [3.8, 4) is 11.4 Å². The molecule has 0 saturated carbocycles. The molecule has 0 N–H and O–H groups in total. The van der Waals surface area contributed by atoms with Crippen LogP contribution in [0.1, 0.15) is 21.6 Å². The molecular formula is C24H26FN5O. The summed E-state index contributed by atoms with van der Waals surface area (Å²) < 4.78 is 13.7. The summed E-state index contributed by atoms with van der Waals surface area (Å²) in [6.45, 7) is 1.02. The molecule has 1 aliphatic rings. The zero-order valence-corrected chi connectivity index (χ0v) is 18.3. The lowest BCUT2D eigenvalue weighted by Gasteiger charge is -2.31. The number of carbonyl (C=O) groups is 1. The molecule has 7 heteroatoms. The number of carbonyl (C=O) groups excluding carboxylic acids is 1. The number of benzene rings is 2. The average molecular weight is 420 g/mol. The third-order valence-corrected chi connectivity index (χ3v) is 5.46. The monoisotopic (exact) mass is 419 g/mol. The lowest BCUT2D eigenvalue weighted by Crippen LogP contribution is -2.37. The number of halogens is 1. The molecule has 1 amide bonds. The van der Waals surface area contributed by atoms with Gasteiger partial charge in [-0.3, -0.25) is 4.79 Å². The highest BCUT2D eigenvalue weighted by atomic mass is 19.1. The van der Waals surface area contributed by atoms with Crippen molar-refractivity contribution in [1.82, 2.24) is 14.9 Å². The van der Waals surface area contributed by atoms with Gasteiger partial charge in [-0.1, -0.05) is 12.1 Å². The summed E-state index contributed by atoms with van der Waals surface area (Å²) in [5.41, 5.74) is 4.21. The van der Waals surface area contributed by atoms with E-state index in [1.165, 1.54) is 12.1 Å². The van der Waals surface area contributed by atoms with E-state index in [1.54, 1.807) is 12.1 Å². The normalized spacial score (nSPS) is 13.0. The van der Waals surface area contributed by atoms with Crippen LogP contribution in [0.2, 0.25) is 0 Å². The maximum Gasteiger partial charge on any atom is 0.254 e. The first-order valence-corrected chi connectivity index (χ1v) is 10.2. The van der Waals surface area contributed by atoms with Crippen molar-refractivity contribution in [1.29, 1.82) is 0 Å². The van der Waals surface area contributed by atoms with Gasteiger partial charge in [0.2, 0.25) is 0 Å². The predicted octanol–water partition coefficient (Wildman–Crippen LogP) is 3.61. The molecule has 0 saturated heterocycles. The van der Waals surface area contributed by atoms with E-state index in [4.69, 9.17) is 9.97 Å². The maximum absolute atomic E-state index is 13.7. The highest BCUT2D eigenvalue weighted by Gasteiger charge is 2.27. The van der Waals surface area contributed by atoms with E-state index >= 15 is 0 Å². The highest BCUT2D eigenvalue weighted by Crippen LogP contribution is 2.29. The molecule has 0 atom stereocenters. The first kappa shape index (κ1) is 20.8. The van der Waals surface area contributed by atoms with E-state index in [1.807, 2.05) is 67.2 Å². The molecule has 160 valence electrons. The summed E-state index contributed by atoms with van der Waals surface area (Å²) in [6, 6.07) is 13.9. The Bertz CT molecular complexity index is 1110. The second-order valence-corrected chi connectivity index (χ2v) is 8.12. The van der Waals surface area contributed by atoms with E-state index in [9.17, 15) is 9.18 Å². The number of hydrogen-bond donors (Lipinski definition) is 0. The van der Waals surface area contributed by atoms with E-state index < -0.39 is 0 Å². The lowest BCUT2D eigenvalue weighted by molar-refractivity contribution is 0.0733. The Labute approximate surface area is 182 Å². The predicted molar refractivity (Wildman–Crippen MR) is 121 cm³/mol. The average Bonchev–Trinajstić information content (AvgIpc) is 2.77. The van der Waals surface area contributed by atoms with Crippen molar-refractivity contribution in [2.45, 2.75) is 13.0 Å². The number of hydrogen-bond acceptors (Lipinski definition) is 5. The number of nitrogens with zero attached hydrogens (tertiary/aromatic N) is 5. The number of anilines is 2. The summed E-state index contributed by atoms with van der Waals surface area (Å²) in [5.74, 6) is 0.933. The van der Waals surface area contributed by atoms with Gasteiger partial charge < -0.3 is 14.7 Å². The Morgan fingerprint density at radius 2 is 1.74 bits per heavy atom. The Morgan fingerprint density at radius 1 is 1.00 bits per heavy atom. The highest BCUT2D eigenvalue weighted by molar-refractivity contribution is 5.94. The van der Waals surface area contributed by atoms with Gasteiger partial charge in [0, 0.05) is 63.5 Å². The molecule has 0 aliphatic carbocycles. The van der Waals surface area contributed by atoms with Crippen LogP contribution < -0.4 is 9.80 Å². The maximum atomic E-state index is 13.7. The molecule has 31 heavy (non-hydrogen) atoms. The summed E-state index contributed by atoms with van der Waals surface area (Å²) in [4.78, 5) is 28.3. The summed E-state index contributed by atoms with van der Waals surface area (Å²) in [6.07, 6.45) is 0.628. The molecule has 1 aromatic heterocycles. The molecule has 6 nitrogen and oxygen atoms in total. The fourth-order valence-electron chi connectivity index (χ4n) is 3.78. The van der Waals surface area contributed by atoms with Gasteiger partial charge in [-0.15, -0.1) is 0 Å². The molecule has 0 bridgehead atoms. The standard InChI is InChI=1S/C24H26FN5O/c1-28(2)19-10-8-16(9-11-19)24(31)30-13-12-21-20(15-30)23(29(3)4)27-22(26-21)17-6-5-7-18(25)14-17/h5-11,14H,12-13,15H2,1-4H3. The van der Waals surface area contributed by atoms with Gasteiger partial charge in [0.05, 0.1) is 12.2 Å². The third-order valence-electron chi connectivity index (χ3n) is 5.46. The number of fused-ring (bicyclic) bond motifs is 1. The van der Waals surface area contributed by atoms with Crippen molar-refractivity contribution in [2.24, 2.45) is 0 Å². The van der Waals surface area contributed by atoms with Crippen LogP contribution in [0.5, 0.6) is 0 Å². The van der Waals surface area contributed by atoms with Gasteiger partial charge in [0.25, 0.3) is 5.91 Å². The van der Waals surface area contributed by atoms with Crippen LogP contribution >= 0.6 is 0 Å². The van der Waals surface area contributed by atoms with Gasteiger partial charge in [-0.2, -0.15) is 0 Å². The molecule has 2 aromatic carbocycles. The van der Waals surface area contributed by atoms with Crippen molar-refractivity contribution in [3.05, 3.63) is 71.2 Å². The first-order chi connectivity index (χ1) is 14.8. The summed E-state index contributed by atoms with van der Waals surface area (Å²) in [7, 11) is 7.77. The molecule has 1 aliphatic heterocycles. The minimum Gasteiger partial charge on any atom is -0.378 e. The summed E-state index contributed by atoms with van der Waals surface area (Å²) in [5, 5.41) is 0. The molecule has 2 heterocycles. The van der Waals surface area contributed by atoms with Crippen molar-refractivity contribution in [3.63, 3.8) is 0 Å². The molecular weight excluding hydrogens is 393 g/mol. The quantitative estimate of drug-likeness (QED) is 0.647. The topological polar surface area (TPSA) is 52.6 Å². The Balaban J connectivity index is 1.64. The van der Waals surface area contributed by atoms with Crippen molar-refractivity contribution >= 4 is 17.4 Å². The second-order valence-electron chi connectivity index (χ2n) is 8.12. The zero-order chi connectivity index (χ0) is 22.1. The number of amides is 1. The molecule has 4 rings (SSSR count). The summed E-state index contributed by atoms with van der Waals surface area (Å²) >= 11 is 0.